The SMILES string of the molecule is C=CCOc1ccc(C(=O)N/N=C(\CC)CCCC)cc1. The number of benzene rings is 1. The second-order valence-electron chi connectivity index (χ2n) is 4.70. The van der Waals surface area contributed by atoms with Gasteiger partial charge in [-0.25, -0.2) is 5.43 Å². The fourth-order valence-electron chi connectivity index (χ4n) is 1.74. The van der Waals surface area contributed by atoms with Gasteiger partial charge in [0.05, 0.1) is 0 Å². The molecule has 0 heterocycles. The van der Waals surface area contributed by atoms with Gasteiger partial charge in [-0.1, -0.05) is 32.9 Å². The first kappa shape index (κ1) is 17.0. The largest absolute Gasteiger partial charge is 0.490 e. The van der Waals surface area contributed by atoms with E-state index in [9.17, 15) is 4.79 Å². The van der Waals surface area contributed by atoms with E-state index in [0.717, 1.165) is 31.4 Å². The van der Waals surface area contributed by atoms with E-state index in [1.807, 2.05) is 6.92 Å². The fourth-order valence-corrected chi connectivity index (χ4v) is 1.74. The van der Waals surface area contributed by atoms with Crippen molar-refractivity contribution in [3.8, 4) is 5.75 Å². The summed E-state index contributed by atoms with van der Waals surface area (Å²) in [4.78, 5) is 12.0. The highest BCUT2D eigenvalue weighted by molar-refractivity contribution is 5.95. The highest BCUT2D eigenvalue weighted by atomic mass is 16.5. The molecule has 0 saturated carbocycles. The Morgan fingerprint density at radius 2 is 2.05 bits per heavy atom. The van der Waals surface area contributed by atoms with Crippen LogP contribution in [-0.2, 0) is 0 Å². The molecule has 114 valence electrons. The van der Waals surface area contributed by atoms with Gasteiger partial charge in [0.2, 0.25) is 0 Å². The Bertz CT molecular complexity index is 478. The molecular weight excluding hydrogens is 264 g/mol. The molecule has 0 spiro atoms. The van der Waals surface area contributed by atoms with Crippen LogP contribution in [0.25, 0.3) is 0 Å². The first-order valence-electron chi connectivity index (χ1n) is 7.40. The third-order valence-corrected chi connectivity index (χ3v) is 3.03. The molecule has 0 atom stereocenters. The maximum absolute atomic E-state index is 12.0. The zero-order chi connectivity index (χ0) is 15.5. The summed E-state index contributed by atoms with van der Waals surface area (Å²) < 4.78 is 5.37. The number of unbranched alkanes of at least 4 members (excludes halogenated alkanes) is 1. The van der Waals surface area contributed by atoms with Gasteiger partial charge in [0, 0.05) is 11.3 Å². The molecule has 1 aromatic carbocycles. The van der Waals surface area contributed by atoms with Crippen molar-refractivity contribution in [2.75, 3.05) is 6.61 Å². The Labute approximate surface area is 126 Å². The Morgan fingerprint density at radius 3 is 2.62 bits per heavy atom. The summed E-state index contributed by atoms with van der Waals surface area (Å²) in [6, 6.07) is 6.97. The van der Waals surface area contributed by atoms with Crippen LogP contribution in [0.4, 0.5) is 0 Å². The smallest absolute Gasteiger partial charge is 0.271 e. The summed E-state index contributed by atoms with van der Waals surface area (Å²) in [5.41, 5.74) is 4.20. The molecule has 0 unspecified atom stereocenters. The molecule has 4 heteroatoms. The Morgan fingerprint density at radius 1 is 1.33 bits per heavy atom. The van der Waals surface area contributed by atoms with Gasteiger partial charge in [-0.05, 0) is 43.5 Å². The van der Waals surface area contributed by atoms with E-state index in [-0.39, 0.29) is 5.91 Å². The lowest BCUT2D eigenvalue weighted by molar-refractivity contribution is 0.0954. The van der Waals surface area contributed by atoms with Gasteiger partial charge in [-0.15, -0.1) is 0 Å². The van der Waals surface area contributed by atoms with E-state index in [2.05, 4.69) is 24.0 Å². The molecule has 1 aromatic rings. The van der Waals surface area contributed by atoms with Gasteiger partial charge in [0.15, 0.2) is 0 Å². The maximum Gasteiger partial charge on any atom is 0.271 e. The number of rotatable bonds is 9. The van der Waals surface area contributed by atoms with Crippen LogP contribution in [0.3, 0.4) is 0 Å². The summed E-state index contributed by atoms with van der Waals surface area (Å²) in [6.07, 6.45) is 5.69. The number of hydrazone groups is 1. The van der Waals surface area contributed by atoms with Gasteiger partial charge in [0.25, 0.3) is 5.91 Å². The normalized spacial score (nSPS) is 11.0. The van der Waals surface area contributed by atoms with E-state index in [4.69, 9.17) is 4.74 Å². The van der Waals surface area contributed by atoms with Crippen molar-refractivity contribution in [2.45, 2.75) is 39.5 Å². The number of nitrogens with zero attached hydrogens (tertiary/aromatic N) is 1. The van der Waals surface area contributed by atoms with Crippen molar-refractivity contribution in [2.24, 2.45) is 5.10 Å². The van der Waals surface area contributed by atoms with Crippen molar-refractivity contribution in [3.63, 3.8) is 0 Å². The minimum absolute atomic E-state index is 0.201. The lowest BCUT2D eigenvalue weighted by Gasteiger charge is -2.06. The third-order valence-electron chi connectivity index (χ3n) is 3.03. The maximum atomic E-state index is 12.0. The van der Waals surface area contributed by atoms with Gasteiger partial charge in [-0.2, -0.15) is 5.10 Å². The average Bonchev–Trinajstić information content (AvgIpc) is 2.53. The van der Waals surface area contributed by atoms with Crippen molar-refractivity contribution >= 4 is 11.6 Å². The highest BCUT2D eigenvalue weighted by Crippen LogP contribution is 2.12. The molecule has 0 fully saturated rings. The molecule has 0 aromatic heterocycles. The summed E-state index contributed by atoms with van der Waals surface area (Å²) in [5, 5.41) is 4.20. The van der Waals surface area contributed by atoms with Crippen molar-refractivity contribution in [1.29, 1.82) is 0 Å². The van der Waals surface area contributed by atoms with Crippen LogP contribution >= 0.6 is 0 Å². The van der Waals surface area contributed by atoms with Crippen LogP contribution in [0.2, 0.25) is 0 Å². The molecule has 0 bridgehead atoms. The Balaban J connectivity index is 2.58. The molecular formula is C17H24N2O2. The predicted molar refractivity (Wildman–Crippen MR) is 86.9 cm³/mol. The second kappa shape index (κ2) is 9.75. The van der Waals surface area contributed by atoms with Gasteiger partial charge >= 0.3 is 0 Å². The molecule has 21 heavy (non-hydrogen) atoms. The van der Waals surface area contributed by atoms with Crippen molar-refractivity contribution < 1.29 is 9.53 Å². The van der Waals surface area contributed by atoms with Crippen LogP contribution < -0.4 is 10.2 Å². The van der Waals surface area contributed by atoms with Gasteiger partial charge in [-0.3, -0.25) is 4.79 Å². The fraction of sp³-hybridized carbons (Fsp3) is 0.412. The number of hydrogen-bond donors (Lipinski definition) is 1. The standard InChI is InChI=1S/C17H24N2O2/c1-4-7-8-15(6-3)18-19-17(20)14-9-11-16(12-10-14)21-13-5-2/h5,9-12H,2,4,6-8,13H2,1,3H3,(H,19,20)/b18-15+. The van der Waals surface area contributed by atoms with Crippen LogP contribution in [0.15, 0.2) is 42.0 Å². The molecule has 1 N–H and O–H groups in total. The number of amides is 1. The number of carbonyl (C=O) groups is 1. The average molecular weight is 288 g/mol. The summed E-state index contributed by atoms with van der Waals surface area (Å²) in [6.45, 7) is 8.23. The molecule has 1 rings (SSSR count). The molecule has 4 nitrogen and oxygen atoms in total. The Kier molecular flexibility index (Phi) is 7.87. The summed E-state index contributed by atoms with van der Waals surface area (Å²) >= 11 is 0. The number of ether oxygens (including phenoxy) is 1. The highest BCUT2D eigenvalue weighted by Gasteiger charge is 2.05. The van der Waals surface area contributed by atoms with E-state index < -0.39 is 0 Å². The van der Waals surface area contributed by atoms with Crippen LogP contribution in [0.1, 0.15) is 49.9 Å². The zero-order valence-corrected chi connectivity index (χ0v) is 12.9. The predicted octanol–water partition coefficient (Wildman–Crippen LogP) is 3.94. The van der Waals surface area contributed by atoms with Crippen LogP contribution in [0.5, 0.6) is 5.75 Å². The topological polar surface area (TPSA) is 50.7 Å². The summed E-state index contributed by atoms with van der Waals surface area (Å²) in [7, 11) is 0. The third kappa shape index (κ3) is 6.25. The van der Waals surface area contributed by atoms with Gasteiger partial charge in [0.1, 0.15) is 12.4 Å². The van der Waals surface area contributed by atoms with Crippen molar-refractivity contribution in [3.05, 3.63) is 42.5 Å². The number of nitrogens with one attached hydrogen (secondary N) is 1. The van der Waals surface area contributed by atoms with E-state index in [1.54, 1.807) is 30.3 Å². The van der Waals surface area contributed by atoms with E-state index in [0.29, 0.717) is 17.9 Å². The van der Waals surface area contributed by atoms with Crippen LogP contribution in [0, 0.1) is 0 Å². The first-order chi connectivity index (χ1) is 10.2. The minimum atomic E-state index is -0.201. The first-order valence-corrected chi connectivity index (χ1v) is 7.40. The molecule has 1 amide bonds. The molecule has 0 saturated heterocycles. The lowest BCUT2D eigenvalue weighted by Crippen LogP contribution is -2.19. The zero-order valence-electron chi connectivity index (χ0n) is 12.9. The molecule has 0 aliphatic carbocycles. The molecule has 0 aliphatic heterocycles. The van der Waals surface area contributed by atoms with Crippen molar-refractivity contribution in [1.82, 2.24) is 5.43 Å². The van der Waals surface area contributed by atoms with E-state index >= 15 is 0 Å². The monoisotopic (exact) mass is 288 g/mol. The van der Waals surface area contributed by atoms with Crippen LogP contribution in [-0.4, -0.2) is 18.2 Å². The minimum Gasteiger partial charge on any atom is -0.490 e. The summed E-state index contributed by atoms with van der Waals surface area (Å²) in [5.74, 6) is 0.514. The number of carbonyl (C=O) groups excluding carboxylic acids is 1. The van der Waals surface area contributed by atoms with E-state index in [1.165, 1.54) is 0 Å². The molecule has 0 aliphatic rings. The molecule has 0 radical (unpaired) electrons. The Hall–Kier alpha value is -2.10. The lowest BCUT2D eigenvalue weighted by atomic mass is 10.1. The second-order valence-corrected chi connectivity index (χ2v) is 4.70. The quantitative estimate of drug-likeness (QED) is 0.425. The van der Waals surface area contributed by atoms with Gasteiger partial charge < -0.3 is 4.74 Å². The number of hydrogen-bond acceptors (Lipinski definition) is 3.